The van der Waals surface area contributed by atoms with Gasteiger partial charge in [0.2, 0.25) is 5.60 Å². The van der Waals surface area contributed by atoms with Crippen LogP contribution in [0.5, 0.6) is 0 Å². The summed E-state index contributed by atoms with van der Waals surface area (Å²) in [6.45, 7) is 5.64. The lowest BCUT2D eigenvalue weighted by Gasteiger charge is -2.15. The van der Waals surface area contributed by atoms with Crippen molar-refractivity contribution < 1.29 is 19.8 Å². The van der Waals surface area contributed by atoms with Crippen LogP contribution in [0.3, 0.4) is 0 Å². The van der Waals surface area contributed by atoms with Gasteiger partial charge in [0, 0.05) is 6.42 Å². The van der Waals surface area contributed by atoms with E-state index in [2.05, 4.69) is 13.8 Å². The Morgan fingerprint density at radius 3 is 1.48 bits per heavy atom. The van der Waals surface area contributed by atoms with E-state index in [-0.39, 0.29) is 6.42 Å². The van der Waals surface area contributed by atoms with Crippen molar-refractivity contribution in [1.29, 1.82) is 0 Å². The molecule has 0 fully saturated rings. The predicted molar refractivity (Wildman–Crippen MR) is 103 cm³/mol. The van der Waals surface area contributed by atoms with Crippen molar-refractivity contribution in [2.45, 2.75) is 116 Å². The minimum Gasteiger partial charge on any atom is -0.479 e. The Bertz CT molecular complexity index is 361. The van der Waals surface area contributed by atoms with Gasteiger partial charge in [0.15, 0.2) is 5.78 Å². The van der Waals surface area contributed by atoms with Gasteiger partial charge in [-0.1, -0.05) is 90.9 Å². The van der Waals surface area contributed by atoms with Crippen LogP contribution < -0.4 is 0 Å². The van der Waals surface area contributed by atoms with Crippen molar-refractivity contribution in [1.82, 2.24) is 0 Å². The summed E-state index contributed by atoms with van der Waals surface area (Å²) in [5, 5.41) is 18.3. The molecular formula is C21H40O4. The van der Waals surface area contributed by atoms with E-state index >= 15 is 0 Å². The second-order valence-corrected chi connectivity index (χ2v) is 7.98. The Kier molecular flexibility index (Phi) is 13.8. The molecule has 0 saturated heterocycles. The Labute approximate surface area is 154 Å². The lowest BCUT2D eigenvalue weighted by molar-refractivity contribution is -0.163. The average molecular weight is 357 g/mol. The summed E-state index contributed by atoms with van der Waals surface area (Å²) >= 11 is 0. The van der Waals surface area contributed by atoms with Gasteiger partial charge in [0.25, 0.3) is 0 Å². The fourth-order valence-corrected chi connectivity index (χ4v) is 2.97. The van der Waals surface area contributed by atoms with Crippen LogP contribution in [0.2, 0.25) is 0 Å². The van der Waals surface area contributed by atoms with Gasteiger partial charge in [0.05, 0.1) is 0 Å². The molecule has 1 atom stereocenters. The molecule has 0 saturated carbocycles. The second kappa shape index (κ2) is 14.3. The third kappa shape index (κ3) is 13.0. The molecule has 148 valence electrons. The van der Waals surface area contributed by atoms with Crippen molar-refractivity contribution >= 4 is 11.8 Å². The van der Waals surface area contributed by atoms with Crippen LogP contribution in [-0.2, 0) is 9.59 Å². The van der Waals surface area contributed by atoms with Gasteiger partial charge in [-0.2, -0.15) is 0 Å². The molecule has 0 aliphatic carbocycles. The molecule has 1 unspecified atom stereocenters. The molecule has 2 N–H and O–H groups in total. The fraction of sp³-hybridized carbons (Fsp3) is 0.905. The minimum absolute atomic E-state index is 0.149. The predicted octanol–water partition coefficient (Wildman–Crippen LogP) is 5.51. The maximum absolute atomic E-state index is 11.6. The number of rotatable bonds is 17. The molecule has 25 heavy (non-hydrogen) atoms. The third-order valence-electron chi connectivity index (χ3n) is 4.89. The zero-order valence-electron chi connectivity index (χ0n) is 16.7. The van der Waals surface area contributed by atoms with E-state index in [0.717, 1.165) is 25.7 Å². The molecule has 4 heteroatoms. The summed E-state index contributed by atoms with van der Waals surface area (Å²) in [4.78, 5) is 22.4. The normalized spacial score (nSPS) is 13.8. The number of hydrogen-bond donors (Lipinski definition) is 2. The first-order chi connectivity index (χ1) is 11.8. The first-order valence-electron chi connectivity index (χ1n) is 10.3. The quantitative estimate of drug-likeness (QED) is 0.266. The number of aliphatic carboxylic acids is 1. The smallest absolute Gasteiger partial charge is 0.343 e. The maximum Gasteiger partial charge on any atom is 0.343 e. The molecular weight excluding hydrogens is 316 g/mol. The van der Waals surface area contributed by atoms with Gasteiger partial charge in [-0.15, -0.1) is 0 Å². The summed E-state index contributed by atoms with van der Waals surface area (Å²) in [6, 6.07) is 0. The van der Waals surface area contributed by atoms with E-state index in [0.29, 0.717) is 6.42 Å². The zero-order chi connectivity index (χ0) is 19.1. The molecule has 0 amide bonds. The number of carbonyl (C=O) groups excluding carboxylic acids is 1. The number of unbranched alkanes of at least 4 members (excludes halogenated alkanes) is 11. The number of aliphatic hydroxyl groups is 1. The van der Waals surface area contributed by atoms with Gasteiger partial charge in [-0.05, 0) is 19.3 Å². The Balaban J connectivity index is 3.32. The highest BCUT2D eigenvalue weighted by Crippen LogP contribution is 2.15. The van der Waals surface area contributed by atoms with Crippen LogP contribution >= 0.6 is 0 Å². The monoisotopic (exact) mass is 356 g/mol. The van der Waals surface area contributed by atoms with Crippen molar-refractivity contribution in [2.75, 3.05) is 0 Å². The van der Waals surface area contributed by atoms with Crippen LogP contribution in [0.4, 0.5) is 0 Å². The molecule has 0 aliphatic heterocycles. The van der Waals surface area contributed by atoms with Crippen molar-refractivity contribution in [3.05, 3.63) is 0 Å². The average Bonchev–Trinajstić information content (AvgIpc) is 2.54. The molecule has 0 heterocycles. The van der Waals surface area contributed by atoms with E-state index in [9.17, 15) is 14.7 Å². The van der Waals surface area contributed by atoms with Crippen LogP contribution in [0.1, 0.15) is 111 Å². The lowest BCUT2D eigenvalue weighted by atomic mass is 9.96. The molecule has 0 aliphatic rings. The fourth-order valence-electron chi connectivity index (χ4n) is 2.97. The van der Waals surface area contributed by atoms with E-state index < -0.39 is 17.4 Å². The van der Waals surface area contributed by atoms with E-state index in [1.807, 2.05) is 0 Å². The second-order valence-electron chi connectivity index (χ2n) is 7.98. The molecule has 0 radical (unpaired) electrons. The van der Waals surface area contributed by atoms with Gasteiger partial charge in [0.1, 0.15) is 0 Å². The summed E-state index contributed by atoms with van der Waals surface area (Å²) in [5.74, 6) is -1.21. The van der Waals surface area contributed by atoms with E-state index in [4.69, 9.17) is 5.11 Å². The molecule has 0 bridgehead atoms. The number of carboxylic acid groups (broad SMARTS) is 1. The number of ketones is 1. The van der Waals surface area contributed by atoms with Crippen LogP contribution in [0.25, 0.3) is 0 Å². The summed E-state index contributed by atoms with van der Waals surface area (Å²) in [7, 11) is 0. The highest BCUT2D eigenvalue weighted by molar-refractivity contribution is 6.05. The minimum atomic E-state index is -2.23. The molecule has 4 nitrogen and oxygen atoms in total. The van der Waals surface area contributed by atoms with Crippen LogP contribution in [-0.4, -0.2) is 27.6 Å². The van der Waals surface area contributed by atoms with Gasteiger partial charge < -0.3 is 10.2 Å². The van der Waals surface area contributed by atoms with Crippen LogP contribution in [0.15, 0.2) is 0 Å². The van der Waals surface area contributed by atoms with Crippen molar-refractivity contribution in [3.63, 3.8) is 0 Å². The highest BCUT2D eigenvalue weighted by Gasteiger charge is 2.37. The zero-order valence-corrected chi connectivity index (χ0v) is 16.7. The SMILES string of the molecule is CC(C)CCCCCCCCCCCCCCC(=O)C(C)(O)C(=O)O. The Morgan fingerprint density at radius 1 is 0.760 bits per heavy atom. The highest BCUT2D eigenvalue weighted by atomic mass is 16.4. The summed E-state index contributed by atoms with van der Waals surface area (Å²) in [6.07, 6.45) is 16.1. The largest absolute Gasteiger partial charge is 0.479 e. The van der Waals surface area contributed by atoms with Crippen molar-refractivity contribution in [2.24, 2.45) is 5.92 Å². The number of Topliss-reactive ketones (excluding diaryl/α,β-unsaturated/α-hetero) is 1. The first-order valence-corrected chi connectivity index (χ1v) is 10.3. The standard InChI is InChI=1S/C21H40O4/c1-18(2)16-14-12-10-8-6-4-5-7-9-11-13-15-17-19(22)21(3,25)20(23)24/h18,25H,4-17H2,1-3H3,(H,23,24). The van der Waals surface area contributed by atoms with Crippen LogP contribution in [0, 0.1) is 5.92 Å². The number of carboxylic acids is 1. The molecule has 0 aromatic heterocycles. The van der Waals surface area contributed by atoms with E-state index in [1.54, 1.807) is 0 Å². The van der Waals surface area contributed by atoms with E-state index in [1.165, 1.54) is 64.2 Å². The molecule has 0 aromatic carbocycles. The third-order valence-corrected chi connectivity index (χ3v) is 4.89. The Morgan fingerprint density at radius 2 is 1.12 bits per heavy atom. The van der Waals surface area contributed by atoms with Gasteiger partial charge >= 0.3 is 5.97 Å². The van der Waals surface area contributed by atoms with Gasteiger partial charge in [-0.3, -0.25) is 4.79 Å². The first kappa shape index (κ1) is 24.1. The number of hydrogen-bond acceptors (Lipinski definition) is 3. The van der Waals surface area contributed by atoms with Crippen molar-refractivity contribution in [3.8, 4) is 0 Å². The number of carbonyl (C=O) groups is 2. The topological polar surface area (TPSA) is 74.6 Å². The molecule has 0 aromatic rings. The Hall–Kier alpha value is -0.900. The van der Waals surface area contributed by atoms with Gasteiger partial charge in [-0.25, -0.2) is 4.79 Å². The maximum atomic E-state index is 11.6. The molecule has 0 rings (SSSR count). The molecule has 0 spiro atoms. The summed E-state index contributed by atoms with van der Waals surface area (Å²) in [5.41, 5.74) is -2.23. The summed E-state index contributed by atoms with van der Waals surface area (Å²) < 4.78 is 0. The lowest BCUT2D eigenvalue weighted by Crippen LogP contribution is -2.43.